The average molecular weight is 527 g/mol. The molecule has 0 aliphatic heterocycles. The highest BCUT2D eigenvalue weighted by atomic mass is 19.1. The Bertz CT molecular complexity index is 1700. The van der Waals surface area contributed by atoms with E-state index in [0.717, 1.165) is 0 Å². The predicted octanol–water partition coefficient (Wildman–Crippen LogP) is 3.66. The molecule has 12 heteroatoms. The molecule has 0 fully saturated rings. The number of rotatable bonds is 8. The van der Waals surface area contributed by atoms with E-state index in [1.807, 2.05) is 12.1 Å². The molecule has 0 unspecified atom stereocenters. The first-order valence-corrected chi connectivity index (χ1v) is 11.8. The van der Waals surface area contributed by atoms with E-state index in [4.69, 9.17) is 10.3 Å². The number of pyridine rings is 2. The number of carbonyl (C=O) groups is 1. The van der Waals surface area contributed by atoms with Crippen LogP contribution in [0.5, 0.6) is 0 Å². The van der Waals surface area contributed by atoms with Crippen molar-refractivity contribution in [2.24, 2.45) is 5.73 Å². The number of carbonyl (C=O) groups excluding carboxylic acids is 1. The van der Waals surface area contributed by atoms with E-state index in [1.165, 1.54) is 56.0 Å². The molecule has 0 saturated carbocycles. The number of alkyl halides is 1. The molecule has 1 atom stereocenters. The number of nitrogens with zero attached hydrogens (tertiary/aromatic N) is 7. The molecule has 0 spiro atoms. The molecule has 5 aromatic heterocycles. The summed E-state index contributed by atoms with van der Waals surface area (Å²) in [6.07, 6.45) is 6.98. The Morgan fingerprint density at radius 1 is 1.26 bits per heavy atom. The number of aromatic nitrogens is 5. The number of primary amides is 1. The van der Waals surface area contributed by atoms with Gasteiger partial charge in [0.15, 0.2) is 0 Å². The van der Waals surface area contributed by atoms with E-state index in [-0.39, 0.29) is 12.1 Å². The van der Waals surface area contributed by atoms with E-state index in [0.29, 0.717) is 45.0 Å². The first-order chi connectivity index (χ1) is 18.7. The highest BCUT2D eigenvalue weighted by Gasteiger charge is 2.31. The van der Waals surface area contributed by atoms with E-state index in [2.05, 4.69) is 26.3 Å². The van der Waals surface area contributed by atoms with Crippen molar-refractivity contribution in [2.45, 2.75) is 25.6 Å². The molecule has 0 aliphatic carbocycles. The highest BCUT2D eigenvalue weighted by molar-refractivity contribution is 5.99. The van der Waals surface area contributed by atoms with Crippen molar-refractivity contribution in [1.82, 2.24) is 24.7 Å². The third kappa shape index (κ3) is 4.90. The maximum absolute atomic E-state index is 15.3. The van der Waals surface area contributed by atoms with Crippen molar-refractivity contribution in [3.63, 3.8) is 0 Å². The number of halogens is 1. The summed E-state index contributed by atoms with van der Waals surface area (Å²) in [6.45, 7) is 2.41. The molecule has 11 nitrogen and oxygen atoms in total. The summed E-state index contributed by atoms with van der Waals surface area (Å²) in [5.74, 6) is -0.744. The van der Waals surface area contributed by atoms with Crippen LogP contribution in [0.4, 0.5) is 15.8 Å². The zero-order valence-corrected chi connectivity index (χ0v) is 21.0. The minimum atomic E-state index is -1.72. The topological polar surface area (TPSA) is 159 Å². The second-order valence-electron chi connectivity index (χ2n) is 9.40. The maximum Gasteiger partial charge on any atom is 0.252 e. The lowest BCUT2D eigenvalue weighted by atomic mass is 10.0. The van der Waals surface area contributed by atoms with Crippen molar-refractivity contribution in [3.05, 3.63) is 78.7 Å². The van der Waals surface area contributed by atoms with Crippen molar-refractivity contribution in [2.75, 3.05) is 11.4 Å². The monoisotopic (exact) mass is 526 g/mol. The molecular formula is C27H23FN8O3. The van der Waals surface area contributed by atoms with E-state index in [9.17, 15) is 15.2 Å². The van der Waals surface area contributed by atoms with Gasteiger partial charge in [-0.25, -0.2) is 8.91 Å². The van der Waals surface area contributed by atoms with Crippen molar-refractivity contribution in [1.29, 1.82) is 5.26 Å². The van der Waals surface area contributed by atoms with Crippen LogP contribution in [0.15, 0.2) is 72.1 Å². The molecule has 1 amide bonds. The standard InChI is InChI=1S/C27H23FN8O3/c1-27(2,38)24(28)14-35(22-5-6-31-13-21(22)26(30)37)19-8-20(25(32-12-19)17-11-34-39-15-17)23-4-3-18-7-16(9-29)10-33-36(18)23/h3-8,10-13,15,24,38H,14H2,1-2H3,(H2,30,37)/t24-/m1/s1. The largest absolute Gasteiger partial charge is 0.387 e. The van der Waals surface area contributed by atoms with Gasteiger partial charge >= 0.3 is 0 Å². The Kier molecular flexibility index (Phi) is 6.51. The minimum Gasteiger partial charge on any atom is -0.387 e. The Balaban J connectivity index is 1.73. The lowest BCUT2D eigenvalue weighted by Gasteiger charge is -2.32. The SMILES string of the molecule is CC(C)(O)[C@H](F)CN(c1cnc(-c2cnoc2)c(-c2ccc3cc(C#N)cnn23)c1)c1ccncc1C(N)=O. The molecule has 0 radical (unpaired) electrons. The van der Waals surface area contributed by atoms with Gasteiger partial charge in [0.25, 0.3) is 5.91 Å². The summed E-state index contributed by atoms with van der Waals surface area (Å²) >= 11 is 0. The van der Waals surface area contributed by atoms with Crippen LogP contribution in [-0.4, -0.2) is 54.1 Å². The number of fused-ring (bicyclic) bond motifs is 1. The van der Waals surface area contributed by atoms with Crippen LogP contribution in [-0.2, 0) is 0 Å². The van der Waals surface area contributed by atoms with Crippen LogP contribution in [0.2, 0.25) is 0 Å². The fraction of sp³-hybridized carbons (Fsp3) is 0.185. The number of nitrogens with two attached hydrogens (primary N) is 1. The number of nitriles is 1. The van der Waals surface area contributed by atoms with Crippen molar-refractivity contribution in [3.8, 4) is 28.6 Å². The van der Waals surface area contributed by atoms with Crippen molar-refractivity contribution < 1.29 is 18.8 Å². The number of anilines is 2. The second-order valence-corrected chi connectivity index (χ2v) is 9.40. The van der Waals surface area contributed by atoms with Crippen LogP contribution < -0.4 is 10.6 Å². The number of hydrogen-bond acceptors (Lipinski definition) is 9. The van der Waals surface area contributed by atoms with Gasteiger partial charge in [-0.05, 0) is 44.2 Å². The molecule has 0 saturated heterocycles. The smallest absolute Gasteiger partial charge is 0.252 e. The Labute approximate surface area is 221 Å². The number of amides is 1. The molecule has 39 heavy (non-hydrogen) atoms. The maximum atomic E-state index is 15.3. The Morgan fingerprint density at radius 2 is 2.08 bits per heavy atom. The minimum absolute atomic E-state index is 0.0731. The van der Waals surface area contributed by atoms with Crippen LogP contribution >= 0.6 is 0 Å². The van der Waals surface area contributed by atoms with E-state index >= 15 is 4.39 Å². The molecular weight excluding hydrogens is 503 g/mol. The molecule has 196 valence electrons. The highest BCUT2D eigenvalue weighted by Crippen LogP contribution is 2.37. The first kappa shape index (κ1) is 25.5. The fourth-order valence-electron chi connectivity index (χ4n) is 4.15. The van der Waals surface area contributed by atoms with Gasteiger partial charge in [0, 0.05) is 18.0 Å². The third-order valence-electron chi connectivity index (χ3n) is 6.26. The summed E-state index contributed by atoms with van der Waals surface area (Å²) in [5.41, 5.74) is 8.13. The van der Waals surface area contributed by atoms with Gasteiger partial charge in [0.1, 0.15) is 18.5 Å². The summed E-state index contributed by atoms with van der Waals surface area (Å²) in [4.78, 5) is 22.4. The van der Waals surface area contributed by atoms with Crippen molar-refractivity contribution >= 4 is 22.8 Å². The quantitative estimate of drug-likeness (QED) is 0.307. The third-order valence-corrected chi connectivity index (χ3v) is 6.26. The van der Waals surface area contributed by atoms with Gasteiger partial charge in [-0.3, -0.25) is 14.8 Å². The summed E-state index contributed by atoms with van der Waals surface area (Å²) in [5, 5.41) is 27.8. The van der Waals surface area contributed by atoms with Crippen LogP contribution in [0.1, 0.15) is 29.8 Å². The molecule has 5 heterocycles. The lowest BCUT2D eigenvalue weighted by Crippen LogP contribution is -2.41. The summed E-state index contributed by atoms with van der Waals surface area (Å²) < 4.78 is 22.0. The van der Waals surface area contributed by atoms with E-state index < -0.39 is 17.7 Å². The Morgan fingerprint density at radius 3 is 2.77 bits per heavy atom. The summed E-state index contributed by atoms with van der Waals surface area (Å²) in [6, 6.07) is 10.7. The van der Waals surface area contributed by atoms with Gasteiger partial charge in [-0.2, -0.15) is 10.4 Å². The molecule has 5 rings (SSSR count). The Hall–Kier alpha value is -5.15. The van der Waals surface area contributed by atoms with Crippen LogP contribution in [0.3, 0.4) is 0 Å². The van der Waals surface area contributed by atoms with Gasteiger partial charge in [0.05, 0.1) is 75.7 Å². The number of hydrogen-bond donors (Lipinski definition) is 2. The van der Waals surface area contributed by atoms with Gasteiger partial charge < -0.3 is 20.3 Å². The first-order valence-electron chi connectivity index (χ1n) is 11.8. The molecule has 3 N–H and O–H groups in total. The lowest BCUT2D eigenvalue weighted by molar-refractivity contribution is 0.00145. The molecule has 5 aromatic rings. The van der Waals surface area contributed by atoms with Crippen LogP contribution in [0, 0.1) is 11.3 Å². The predicted molar refractivity (Wildman–Crippen MR) is 140 cm³/mol. The molecule has 0 aromatic carbocycles. The second kappa shape index (κ2) is 9.96. The van der Waals surface area contributed by atoms with Gasteiger partial charge in [-0.15, -0.1) is 0 Å². The van der Waals surface area contributed by atoms with Gasteiger partial charge in [-0.1, -0.05) is 5.16 Å². The fourth-order valence-corrected chi connectivity index (χ4v) is 4.15. The van der Waals surface area contributed by atoms with Gasteiger partial charge in [0.2, 0.25) is 0 Å². The summed E-state index contributed by atoms with van der Waals surface area (Å²) in [7, 11) is 0. The van der Waals surface area contributed by atoms with Crippen LogP contribution in [0.25, 0.3) is 28.0 Å². The normalized spacial score (nSPS) is 12.3. The average Bonchev–Trinajstić information content (AvgIpc) is 3.61. The van der Waals surface area contributed by atoms with E-state index in [1.54, 1.807) is 22.7 Å². The zero-order chi connectivity index (χ0) is 27.7. The molecule has 0 aliphatic rings. The molecule has 0 bridgehead atoms. The number of aliphatic hydroxyl groups is 1. The zero-order valence-electron chi connectivity index (χ0n) is 21.0.